The molecule has 0 aliphatic carbocycles. The summed E-state index contributed by atoms with van der Waals surface area (Å²) in [6, 6.07) is 20.3. The highest BCUT2D eigenvalue weighted by molar-refractivity contribution is 7.81. The molecule has 0 spiro atoms. The summed E-state index contributed by atoms with van der Waals surface area (Å²) >= 11 is 3.90. The molecule has 3 aromatic carbocycles. The van der Waals surface area contributed by atoms with Crippen molar-refractivity contribution in [1.82, 2.24) is 0 Å². The van der Waals surface area contributed by atoms with Gasteiger partial charge in [0.25, 0.3) is 0 Å². The van der Waals surface area contributed by atoms with Crippen LogP contribution in [-0.2, 0) is 19.0 Å². The van der Waals surface area contributed by atoms with Gasteiger partial charge in [0.2, 0.25) is 0 Å². The fourth-order valence-electron chi connectivity index (χ4n) is 3.59. The number of ether oxygens (including phenoxy) is 4. The van der Waals surface area contributed by atoms with Crippen molar-refractivity contribution in [2.45, 2.75) is 18.6 Å². The predicted octanol–water partition coefficient (Wildman–Crippen LogP) is 4.38. The first kappa shape index (κ1) is 26.3. The third-order valence-corrected chi connectivity index (χ3v) is 5.52. The quantitative estimate of drug-likeness (QED) is 0.251. The van der Waals surface area contributed by atoms with E-state index >= 15 is 0 Å². The van der Waals surface area contributed by atoms with Crippen LogP contribution in [0.4, 0.5) is 10.5 Å². The SMILES string of the molecule is CO[C@H](CCOC(=O)CS)[C@H](OC(=O)Nc1cccc2ccccc12)c1ccc(OCCO)cc1. The van der Waals surface area contributed by atoms with Crippen LogP contribution in [0.5, 0.6) is 5.75 Å². The van der Waals surface area contributed by atoms with Crippen LogP contribution in [0.1, 0.15) is 18.1 Å². The molecule has 0 aliphatic heterocycles. The zero-order valence-corrected chi connectivity index (χ0v) is 20.3. The lowest BCUT2D eigenvalue weighted by Crippen LogP contribution is -2.29. The lowest BCUT2D eigenvalue weighted by molar-refractivity contribution is -0.141. The molecular weight excluding hydrogens is 470 g/mol. The normalized spacial score (nSPS) is 12.5. The maximum atomic E-state index is 13.0. The van der Waals surface area contributed by atoms with Crippen molar-refractivity contribution in [3.63, 3.8) is 0 Å². The topological polar surface area (TPSA) is 103 Å². The lowest BCUT2D eigenvalue weighted by atomic mass is 10.0. The fraction of sp³-hybridized carbons (Fsp3) is 0.308. The zero-order chi connectivity index (χ0) is 25.0. The summed E-state index contributed by atoms with van der Waals surface area (Å²) in [5, 5.41) is 13.6. The number of thiol groups is 1. The van der Waals surface area contributed by atoms with Crippen LogP contribution < -0.4 is 10.1 Å². The monoisotopic (exact) mass is 499 g/mol. The second kappa shape index (κ2) is 13.6. The Bertz CT molecular complexity index is 1100. The van der Waals surface area contributed by atoms with Gasteiger partial charge >= 0.3 is 12.1 Å². The maximum absolute atomic E-state index is 13.0. The van der Waals surface area contributed by atoms with Crippen molar-refractivity contribution in [3.05, 3.63) is 72.3 Å². The highest BCUT2D eigenvalue weighted by Crippen LogP contribution is 2.29. The second-order valence-electron chi connectivity index (χ2n) is 7.56. The van der Waals surface area contributed by atoms with Gasteiger partial charge in [0, 0.05) is 18.9 Å². The van der Waals surface area contributed by atoms with Crippen LogP contribution in [0.2, 0.25) is 0 Å². The Labute approximate surface area is 209 Å². The van der Waals surface area contributed by atoms with E-state index in [9.17, 15) is 9.59 Å². The minimum atomic E-state index is -0.795. The van der Waals surface area contributed by atoms with Gasteiger partial charge < -0.3 is 24.1 Å². The van der Waals surface area contributed by atoms with E-state index in [0.717, 1.165) is 10.8 Å². The number of carbonyl (C=O) groups is 2. The maximum Gasteiger partial charge on any atom is 0.412 e. The van der Waals surface area contributed by atoms with Gasteiger partial charge in [-0.1, -0.05) is 48.5 Å². The van der Waals surface area contributed by atoms with Crippen molar-refractivity contribution in [1.29, 1.82) is 0 Å². The van der Waals surface area contributed by atoms with Crippen molar-refractivity contribution >= 4 is 41.2 Å². The van der Waals surface area contributed by atoms with Crippen LogP contribution in [0.25, 0.3) is 10.8 Å². The molecule has 3 aromatic rings. The molecule has 2 N–H and O–H groups in total. The fourth-order valence-corrected chi connectivity index (χ4v) is 3.68. The molecule has 0 fully saturated rings. The molecule has 0 aromatic heterocycles. The first-order chi connectivity index (χ1) is 17.0. The Kier molecular flexibility index (Phi) is 10.2. The minimum absolute atomic E-state index is 0.0275. The zero-order valence-electron chi connectivity index (χ0n) is 19.4. The molecule has 0 heterocycles. The molecule has 0 radical (unpaired) electrons. The number of nitrogens with one attached hydrogen (secondary N) is 1. The second-order valence-corrected chi connectivity index (χ2v) is 7.88. The molecule has 0 aliphatic rings. The number of amides is 1. The first-order valence-corrected chi connectivity index (χ1v) is 11.8. The number of methoxy groups -OCH3 is 1. The molecule has 9 heteroatoms. The summed E-state index contributed by atoms with van der Waals surface area (Å²) in [7, 11) is 1.50. The van der Waals surface area contributed by atoms with Gasteiger partial charge in [-0.2, -0.15) is 12.6 Å². The van der Waals surface area contributed by atoms with E-state index in [4.69, 9.17) is 24.1 Å². The van der Waals surface area contributed by atoms with E-state index in [1.807, 2.05) is 36.4 Å². The molecule has 0 saturated carbocycles. The molecule has 186 valence electrons. The number of benzene rings is 3. The number of hydrogen-bond donors (Lipinski definition) is 3. The number of fused-ring (bicyclic) bond motifs is 1. The van der Waals surface area contributed by atoms with Crippen LogP contribution in [-0.4, -0.2) is 56.0 Å². The lowest BCUT2D eigenvalue weighted by Gasteiger charge is -2.26. The van der Waals surface area contributed by atoms with Gasteiger partial charge in [0.05, 0.1) is 24.7 Å². The average molecular weight is 500 g/mol. The van der Waals surface area contributed by atoms with Gasteiger partial charge in [0.1, 0.15) is 18.5 Å². The largest absolute Gasteiger partial charge is 0.491 e. The highest BCUT2D eigenvalue weighted by Gasteiger charge is 2.28. The van der Waals surface area contributed by atoms with E-state index in [1.54, 1.807) is 30.3 Å². The van der Waals surface area contributed by atoms with Crippen LogP contribution in [0, 0.1) is 0 Å². The highest BCUT2D eigenvalue weighted by atomic mass is 32.1. The van der Waals surface area contributed by atoms with Crippen molar-refractivity contribution < 1.29 is 33.6 Å². The van der Waals surface area contributed by atoms with E-state index in [1.165, 1.54) is 7.11 Å². The van der Waals surface area contributed by atoms with Crippen LogP contribution in [0.15, 0.2) is 66.7 Å². The number of rotatable bonds is 12. The number of carbonyl (C=O) groups excluding carboxylic acids is 2. The molecule has 3 rings (SSSR count). The molecule has 0 bridgehead atoms. The smallest absolute Gasteiger partial charge is 0.412 e. The number of aliphatic hydroxyl groups is 1. The summed E-state index contributed by atoms with van der Waals surface area (Å²) in [5.74, 6) is 0.0958. The standard InChI is InChI=1S/C26H29NO7S/c1-31-23(13-15-33-24(29)17-35)25(19-9-11-20(12-10-19)32-16-14-28)34-26(30)27-22-8-4-6-18-5-2-3-7-21(18)22/h2-12,23,25,28,35H,13-17H2,1H3,(H,27,30)/t23-,25-/m1/s1. The predicted molar refractivity (Wildman–Crippen MR) is 136 cm³/mol. The Morgan fingerprint density at radius 2 is 1.74 bits per heavy atom. The van der Waals surface area contributed by atoms with Crippen LogP contribution >= 0.6 is 12.6 Å². The van der Waals surface area contributed by atoms with E-state index < -0.39 is 24.3 Å². The molecule has 0 unspecified atom stereocenters. The summed E-state index contributed by atoms with van der Waals surface area (Å²) in [4.78, 5) is 24.4. The average Bonchev–Trinajstić information content (AvgIpc) is 2.89. The van der Waals surface area contributed by atoms with Gasteiger partial charge in [-0.15, -0.1) is 0 Å². The number of esters is 1. The molecular formula is C26H29NO7S. The van der Waals surface area contributed by atoms with Crippen molar-refractivity contribution in [3.8, 4) is 5.75 Å². The van der Waals surface area contributed by atoms with Gasteiger partial charge in [-0.05, 0) is 29.1 Å². The molecule has 2 atom stereocenters. The van der Waals surface area contributed by atoms with E-state index in [0.29, 0.717) is 23.4 Å². The van der Waals surface area contributed by atoms with Crippen LogP contribution in [0.3, 0.4) is 0 Å². The minimum Gasteiger partial charge on any atom is -0.491 e. The molecule has 8 nitrogen and oxygen atoms in total. The van der Waals surface area contributed by atoms with Crippen molar-refractivity contribution in [2.24, 2.45) is 0 Å². The Balaban J connectivity index is 1.79. The molecule has 0 saturated heterocycles. The molecule has 1 amide bonds. The van der Waals surface area contributed by atoms with E-state index in [2.05, 4.69) is 17.9 Å². The third-order valence-electron chi connectivity index (χ3n) is 5.26. The Morgan fingerprint density at radius 3 is 2.46 bits per heavy atom. The van der Waals surface area contributed by atoms with E-state index in [-0.39, 0.29) is 25.6 Å². The number of aliphatic hydroxyl groups excluding tert-OH is 1. The van der Waals surface area contributed by atoms with Gasteiger partial charge in [0.15, 0.2) is 6.10 Å². The number of anilines is 1. The van der Waals surface area contributed by atoms with Gasteiger partial charge in [-0.25, -0.2) is 4.79 Å². The molecule has 35 heavy (non-hydrogen) atoms. The Morgan fingerprint density at radius 1 is 1.00 bits per heavy atom. The van der Waals surface area contributed by atoms with Crippen molar-refractivity contribution in [2.75, 3.05) is 38.0 Å². The summed E-state index contributed by atoms with van der Waals surface area (Å²) in [5.41, 5.74) is 1.29. The summed E-state index contributed by atoms with van der Waals surface area (Å²) in [6.07, 6.45) is -1.74. The third kappa shape index (κ3) is 7.61. The van der Waals surface area contributed by atoms with Gasteiger partial charge in [-0.3, -0.25) is 10.1 Å². The first-order valence-electron chi connectivity index (χ1n) is 11.1. The number of hydrogen-bond acceptors (Lipinski definition) is 8. The summed E-state index contributed by atoms with van der Waals surface area (Å²) < 4.78 is 22.0. The summed E-state index contributed by atoms with van der Waals surface area (Å²) in [6.45, 7) is 0.156. The Hall–Kier alpha value is -3.27.